The molecule has 0 bridgehead atoms. The van der Waals surface area contributed by atoms with Crippen LogP contribution in [0.1, 0.15) is 93.9 Å². The Balaban J connectivity index is 0.000000128. The summed E-state index contributed by atoms with van der Waals surface area (Å²) >= 11 is 0. The highest BCUT2D eigenvalue weighted by molar-refractivity contribution is 5.99. The summed E-state index contributed by atoms with van der Waals surface area (Å²) in [6.45, 7) is 30.4. The molecule has 0 N–H and O–H groups in total. The summed E-state index contributed by atoms with van der Waals surface area (Å²) < 4.78 is 32.2. The first kappa shape index (κ1) is 73.1. The molecule has 0 aliphatic heterocycles. The minimum Gasteiger partial charge on any atom is -0.206 e. The number of aryl methyl sites for hydroxylation is 10. The predicted octanol–water partition coefficient (Wildman–Crippen LogP) is 25.0. The van der Waals surface area contributed by atoms with Gasteiger partial charge in [0.1, 0.15) is 35.4 Å². The zero-order valence-electron chi connectivity index (χ0n) is 67.2. The summed E-state index contributed by atoms with van der Waals surface area (Å²) in [7, 11) is 8.41. The number of pyridine rings is 4. The van der Waals surface area contributed by atoms with E-state index < -0.39 is 0 Å². The molecule has 0 aliphatic rings. The summed E-state index contributed by atoms with van der Waals surface area (Å²) in [5.74, 6) is 0.244. The van der Waals surface area contributed by atoms with Crippen LogP contribution < -0.4 is 18.3 Å². The second-order valence-electron chi connectivity index (χ2n) is 30.1. The number of hydrogen-bond donors (Lipinski definition) is 0. The molecular weight excluding hydrogens is 1310 g/mol. The van der Waals surface area contributed by atoms with E-state index >= 15 is 0 Å². The van der Waals surface area contributed by atoms with Gasteiger partial charge in [-0.05, 0) is 217 Å². The largest absolute Gasteiger partial charge is 0.220 e. The van der Waals surface area contributed by atoms with E-state index in [2.05, 4.69) is 349 Å². The van der Waals surface area contributed by atoms with E-state index in [4.69, 9.17) is 1.37 Å². The van der Waals surface area contributed by atoms with Gasteiger partial charge in [0.05, 0.1) is 38.2 Å². The fourth-order valence-corrected chi connectivity index (χ4v) is 15.6. The first-order chi connectivity index (χ1) is 52.3. The number of nitrogens with zero attached hydrogens (tertiary/aromatic N) is 4. The molecule has 0 saturated carbocycles. The SMILES string of the molecule is Cc1ccc2c(-c3cc(-c4ccccc4)c(F)cc3C)[n+](C)c(C)cc2c1.Cc1ccc2c(-c3cc(-c4ccccc4)cc(C)c3C)[n+](C)c(C)cc2c1.Cc1ccc2c(-c3ccc(-c4ccccc4)cc3C)[n+](C)c(C)cc2c1.[2H]c1cc2cc(C)ccc2c(-c2cc(-c3ccccc3)cc(C(C)C)c2C)[n+]1C. The molecule has 4 nitrogen and oxygen atoms in total. The molecule has 16 aromatic rings. The number of hydrogen-bond acceptors (Lipinski definition) is 0. The first-order valence-corrected chi connectivity index (χ1v) is 37.8. The molecule has 0 fully saturated rings. The number of halogens is 1. The number of benzene rings is 12. The van der Waals surface area contributed by atoms with Crippen molar-refractivity contribution in [3.05, 3.63) is 358 Å². The predicted molar refractivity (Wildman–Crippen MR) is 455 cm³/mol. The third-order valence-electron chi connectivity index (χ3n) is 22.0. The van der Waals surface area contributed by atoms with Crippen molar-refractivity contribution in [3.8, 4) is 89.5 Å². The fraction of sp³-hybridized carbons (Fsp3) is 0.184. The van der Waals surface area contributed by atoms with E-state index in [9.17, 15) is 4.39 Å². The molecule has 4 heterocycles. The van der Waals surface area contributed by atoms with Crippen LogP contribution in [0, 0.1) is 88.9 Å². The van der Waals surface area contributed by atoms with Crippen LogP contribution in [0.2, 0.25) is 0 Å². The van der Waals surface area contributed by atoms with Crippen LogP contribution in [0.3, 0.4) is 0 Å². The molecule has 0 atom stereocenters. The third kappa shape index (κ3) is 15.4. The monoisotopic (exact) mass is 1410 g/mol. The molecule has 108 heavy (non-hydrogen) atoms. The van der Waals surface area contributed by atoms with E-state index in [1.807, 2.05) is 61.0 Å². The molecule has 536 valence electrons. The number of rotatable bonds is 9. The van der Waals surface area contributed by atoms with Gasteiger partial charge in [0.25, 0.3) is 0 Å². The Hall–Kier alpha value is -11.8. The first-order valence-electron chi connectivity index (χ1n) is 38.3. The van der Waals surface area contributed by atoms with Crippen molar-refractivity contribution in [2.45, 2.75) is 103 Å². The van der Waals surface area contributed by atoms with Crippen LogP contribution in [0.5, 0.6) is 0 Å². The molecule has 0 radical (unpaired) electrons. The summed E-state index contributed by atoms with van der Waals surface area (Å²) in [5.41, 5.74) is 35.1. The van der Waals surface area contributed by atoms with Crippen molar-refractivity contribution >= 4 is 43.1 Å². The van der Waals surface area contributed by atoms with Crippen molar-refractivity contribution < 1.29 is 24.0 Å². The van der Waals surface area contributed by atoms with Gasteiger partial charge in [-0.2, -0.15) is 13.7 Å². The maximum absolute atomic E-state index is 14.8. The van der Waals surface area contributed by atoms with E-state index in [0.717, 1.165) is 33.5 Å². The highest BCUT2D eigenvalue weighted by Crippen LogP contribution is 2.40. The topological polar surface area (TPSA) is 15.5 Å². The van der Waals surface area contributed by atoms with Gasteiger partial charge in [0.2, 0.25) is 22.8 Å². The minimum atomic E-state index is -0.182. The molecule has 5 heteroatoms. The van der Waals surface area contributed by atoms with Gasteiger partial charge in [-0.25, -0.2) is 8.96 Å². The Bertz CT molecular complexity index is 6140. The number of aromatic nitrogens is 4. The van der Waals surface area contributed by atoms with Crippen molar-refractivity contribution in [3.63, 3.8) is 0 Å². The van der Waals surface area contributed by atoms with E-state index in [0.29, 0.717) is 17.7 Å². The standard InChI is InChI=1S/C27H28N.C26H26N.C25H23FN.C25H24N/c1-18(2)25-16-23(21-9-7-6-8-10-21)17-26(20(25)4)27-24-12-11-19(3)15-22(24)13-14-28(27)5;1-17-11-12-24-23(13-17)15-19(3)27(5)26(24)25-16-22(14-18(2)20(25)4)21-9-7-6-8-10-21;1-16-10-11-21-20(12-16)14-18(3)27(4)25(21)22-15-23(24(26)13-17(22)2)19-8-6-5-7-9-19;1-17-10-12-24-22(14-17)16-19(3)26(4)25(24)23-13-11-21(15-18(23)2)20-8-6-5-7-9-20/h6-18H,1-5H3;6-16H,1-5H3;5-15H,1-4H3;5-16H,1-4H3/q4*+1/i14D;;;. The van der Waals surface area contributed by atoms with Crippen LogP contribution >= 0.6 is 0 Å². The van der Waals surface area contributed by atoms with Gasteiger partial charge in [-0.3, -0.25) is 0 Å². The highest BCUT2D eigenvalue weighted by atomic mass is 19.1. The molecule has 0 amide bonds. The molecular formula is C103H101FN4+4. The Kier molecular flexibility index (Phi) is 21.5. The van der Waals surface area contributed by atoms with Gasteiger partial charge >= 0.3 is 0 Å². The van der Waals surface area contributed by atoms with Gasteiger partial charge in [0.15, 0.2) is 23.3 Å². The molecule has 16 rings (SSSR count). The fourth-order valence-electron chi connectivity index (χ4n) is 15.6. The van der Waals surface area contributed by atoms with Crippen LogP contribution in [-0.2, 0) is 28.2 Å². The van der Waals surface area contributed by atoms with Crippen molar-refractivity contribution in [1.82, 2.24) is 0 Å². The lowest BCUT2D eigenvalue weighted by Gasteiger charge is -2.17. The zero-order valence-corrected chi connectivity index (χ0v) is 66.2. The molecule has 4 aromatic heterocycles. The Morgan fingerprint density at radius 3 is 1.09 bits per heavy atom. The summed E-state index contributed by atoms with van der Waals surface area (Å²) in [4.78, 5) is 0. The van der Waals surface area contributed by atoms with E-state index in [1.54, 1.807) is 6.07 Å². The van der Waals surface area contributed by atoms with Crippen LogP contribution in [0.15, 0.2) is 279 Å². The third-order valence-corrected chi connectivity index (χ3v) is 22.0. The van der Waals surface area contributed by atoms with Crippen molar-refractivity contribution in [2.75, 3.05) is 0 Å². The quantitative estimate of drug-likeness (QED) is 0.128. The lowest BCUT2D eigenvalue weighted by molar-refractivity contribution is -0.665. The van der Waals surface area contributed by atoms with E-state index in [1.165, 1.54) is 166 Å². The van der Waals surface area contributed by atoms with Crippen molar-refractivity contribution in [2.24, 2.45) is 28.2 Å². The van der Waals surface area contributed by atoms with Crippen molar-refractivity contribution in [1.29, 1.82) is 0 Å². The normalized spacial score (nSPS) is 11.3. The van der Waals surface area contributed by atoms with Gasteiger partial charge in [-0.15, -0.1) is 0 Å². The summed E-state index contributed by atoms with van der Waals surface area (Å²) in [6, 6.07) is 96.6. The molecule has 12 aromatic carbocycles. The van der Waals surface area contributed by atoms with Gasteiger partial charge in [-0.1, -0.05) is 230 Å². The van der Waals surface area contributed by atoms with E-state index in [-0.39, 0.29) is 5.82 Å². The summed E-state index contributed by atoms with van der Waals surface area (Å²) in [6.07, 6.45) is 0.522. The van der Waals surface area contributed by atoms with Gasteiger partial charge < -0.3 is 0 Å². The second kappa shape index (κ2) is 31.7. The van der Waals surface area contributed by atoms with Crippen LogP contribution in [-0.4, -0.2) is 0 Å². The molecule has 0 saturated heterocycles. The smallest absolute Gasteiger partial charge is 0.206 e. The second-order valence-corrected chi connectivity index (χ2v) is 30.1. The lowest BCUT2D eigenvalue weighted by Crippen LogP contribution is -2.35. The van der Waals surface area contributed by atoms with Crippen LogP contribution in [0.25, 0.3) is 133 Å². The summed E-state index contributed by atoms with van der Waals surface area (Å²) in [5, 5.41) is 9.94. The Labute approximate surface area is 641 Å². The Morgan fingerprint density at radius 1 is 0.278 bits per heavy atom. The molecule has 0 aliphatic carbocycles. The molecule has 0 unspecified atom stereocenters. The number of fused-ring (bicyclic) bond motifs is 4. The maximum Gasteiger partial charge on any atom is 0.220 e. The maximum atomic E-state index is 14.8. The zero-order chi connectivity index (χ0) is 77.2. The molecule has 0 spiro atoms. The Morgan fingerprint density at radius 2 is 0.648 bits per heavy atom. The minimum absolute atomic E-state index is 0.182. The van der Waals surface area contributed by atoms with Gasteiger partial charge in [0, 0.05) is 56.2 Å². The lowest BCUT2D eigenvalue weighted by atomic mass is 9.87. The average Bonchev–Trinajstić information content (AvgIpc) is 0.778. The average molecular weight is 1410 g/mol. The van der Waals surface area contributed by atoms with Crippen LogP contribution in [0.4, 0.5) is 4.39 Å². The highest BCUT2D eigenvalue weighted by Gasteiger charge is 2.27.